The number of non-ortho nitro benzene ring substituents is 1. The van der Waals surface area contributed by atoms with E-state index in [-0.39, 0.29) is 16.7 Å². The van der Waals surface area contributed by atoms with Gasteiger partial charge in [0.05, 0.1) is 16.2 Å². The molecule has 1 aromatic rings. The van der Waals surface area contributed by atoms with Gasteiger partial charge >= 0.3 is 5.97 Å². The van der Waals surface area contributed by atoms with Crippen LogP contribution >= 0.6 is 0 Å². The van der Waals surface area contributed by atoms with Crippen molar-refractivity contribution in [3.05, 3.63) is 33.9 Å². The summed E-state index contributed by atoms with van der Waals surface area (Å²) in [5.41, 5.74) is 0.640. The van der Waals surface area contributed by atoms with E-state index in [1.807, 2.05) is 4.90 Å². The number of rotatable bonds is 3. The Labute approximate surface area is 117 Å². The van der Waals surface area contributed by atoms with Gasteiger partial charge in [-0.05, 0) is 24.3 Å². The summed E-state index contributed by atoms with van der Waals surface area (Å²) in [7, 11) is 0. The minimum atomic E-state index is -1.13. The fourth-order valence-electron chi connectivity index (χ4n) is 2.44. The van der Waals surface area contributed by atoms with Gasteiger partial charge in [-0.25, -0.2) is 4.79 Å². The number of piperidine rings is 1. The molecule has 108 valence electrons. The van der Waals surface area contributed by atoms with E-state index in [1.165, 1.54) is 6.07 Å². The third-order valence-electron chi connectivity index (χ3n) is 3.88. The van der Waals surface area contributed by atoms with Gasteiger partial charge in [0.25, 0.3) is 5.69 Å². The van der Waals surface area contributed by atoms with E-state index in [9.17, 15) is 20.0 Å². The number of carboxylic acid groups (broad SMARTS) is 1. The van der Waals surface area contributed by atoms with Crippen LogP contribution < -0.4 is 4.90 Å². The van der Waals surface area contributed by atoms with Gasteiger partial charge in [0.1, 0.15) is 0 Å². The molecule has 0 saturated carbocycles. The molecule has 1 aliphatic heterocycles. The third kappa shape index (κ3) is 2.89. The third-order valence-corrected chi connectivity index (χ3v) is 3.88. The first-order valence-corrected chi connectivity index (χ1v) is 6.57. The summed E-state index contributed by atoms with van der Waals surface area (Å²) < 4.78 is 0. The highest BCUT2D eigenvalue weighted by Crippen LogP contribution is 2.34. The number of nitrogens with zero attached hydrogens (tertiary/aromatic N) is 2. The van der Waals surface area contributed by atoms with Crippen LogP contribution in [0.25, 0.3) is 0 Å². The number of carbonyl (C=O) groups is 1. The van der Waals surface area contributed by atoms with E-state index in [2.05, 4.69) is 13.8 Å². The number of nitro benzene ring substituents is 1. The van der Waals surface area contributed by atoms with Crippen LogP contribution in [0.2, 0.25) is 0 Å². The molecule has 1 aliphatic rings. The summed E-state index contributed by atoms with van der Waals surface area (Å²) in [4.78, 5) is 23.5. The number of carboxylic acids is 1. The quantitative estimate of drug-likeness (QED) is 0.678. The van der Waals surface area contributed by atoms with E-state index in [0.29, 0.717) is 5.69 Å². The Bertz CT molecular complexity index is 544. The number of anilines is 1. The van der Waals surface area contributed by atoms with Crippen molar-refractivity contribution in [3.8, 4) is 0 Å². The lowest BCUT2D eigenvalue weighted by Gasteiger charge is -2.38. The van der Waals surface area contributed by atoms with Crippen molar-refractivity contribution >= 4 is 17.3 Å². The van der Waals surface area contributed by atoms with Crippen molar-refractivity contribution in [2.24, 2.45) is 5.41 Å². The molecule has 0 bridgehead atoms. The van der Waals surface area contributed by atoms with Gasteiger partial charge in [0.15, 0.2) is 0 Å². The Morgan fingerprint density at radius 3 is 2.45 bits per heavy atom. The lowest BCUT2D eigenvalue weighted by atomic mass is 9.82. The topological polar surface area (TPSA) is 83.7 Å². The molecule has 6 nitrogen and oxygen atoms in total. The fourth-order valence-corrected chi connectivity index (χ4v) is 2.44. The Kier molecular flexibility index (Phi) is 3.65. The van der Waals surface area contributed by atoms with Crippen LogP contribution in [0.1, 0.15) is 37.0 Å². The second-order valence-electron chi connectivity index (χ2n) is 5.91. The molecule has 0 aromatic heterocycles. The van der Waals surface area contributed by atoms with Crippen LogP contribution in [0.5, 0.6) is 0 Å². The van der Waals surface area contributed by atoms with Crippen molar-refractivity contribution in [2.45, 2.75) is 26.7 Å². The summed E-state index contributed by atoms with van der Waals surface area (Å²) in [6, 6.07) is 4.04. The van der Waals surface area contributed by atoms with Gasteiger partial charge in [-0.15, -0.1) is 0 Å². The summed E-state index contributed by atoms with van der Waals surface area (Å²) >= 11 is 0. The predicted octanol–water partition coefficient (Wildman–Crippen LogP) is 2.92. The lowest BCUT2D eigenvalue weighted by molar-refractivity contribution is -0.384. The van der Waals surface area contributed by atoms with Crippen LogP contribution in [0.3, 0.4) is 0 Å². The molecule has 1 fully saturated rings. The maximum absolute atomic E-state index is 11.3. The number of benzene rings is 1. The Morgan fingerprint density at radius 1 is 1.35 bits per heavy atom. The SMILES string of the molecule is CC1(C)CCN(c2ccc([N+](=O)[O-])cc2C(=O)O)CC1. The first-order chi connectivity index (χ1) is 9.30. The number of hydrogen-bond acceptors (Lipinski definition) is 4. The Balaban J connectivity index is 2.32. The first kappa shape index (κ1) is 14.3. The van der Waals surface area contributed by atoms with Crippen molar-refractivity contribution < 1.29 is 14.8 Å². The molecule has 0 amide bonds. The minimum absolute atomic E-state index is 0.00101. The van der Waals surface area contributed by atoms with Crippen LogP contribution in [-0.4, -0.2) is 29.1 Å². The lowest BCUT2D eigenvalue weighted by Crippen LogP contribution is -2.38. The average molecular weight is 278 g/mol. The van der Waals surface area contributed by atoms with Gasteiger partial charge in [-0.1, -0.05) is 13.8 Å². The minimum Gasteiger partial charge on any atom is -0.478 e. The zero-order valence-corrected chi connectivity index (χ0v) is 11.6. The predicted molar refractivity (Wildman–Crippen MR) is 75.3 cm³/mol. The normalized spacial score (nSPS) is 17.8. The molecule has 20 heavy (non-hydrogen) atoms. The van der Waals surface area contributed by atoms with E-state index in [1.54, 1.807) is 6.07 Å². The van der Waals surface area contributed by atoms with Crippen molar-refractivity contribution in [2.75, 3.05) is 18.0 Å². The van der Waals surface area contributed by atoms with E-state index >= 15 is 0 Å². The second-order valence-corrected chi connectivity index (χ2v) is 5.91. The molecular formula is C14H18N2O4. The molecule has 2 rings (SSSR count). The average Bonchev–Trinajstić information content (AvgIpc) is 2.38. The molecule has 6 heteroatoms. The Hall–Kier alpha value is -2.11. The maximum Gasteiger partial charge on any atom is 0.338 e. The van der Waals surface area contributed by atoms with Crippen molar-refractivity contribution in [3.63, 3.8) is 0 Å². The molecule has 0 spiro atoms. The van der Waals surface area contributed by atoms with Crippen LogP contribution in [0.15, 0.2) is 18.2 Å². The van der Waals surface area contributed by atoms with E-state index in [0.717, 1.165) is 32.0 Å². The highest BCUT2D eigenvalue weighted by Gasteiger charge is 2.28. The zero-order valence-electron chi connectivity index (χ0n) is 11.6. The van der Waals surface area contributed by atoms with Crippen LogP contribution in [0, 0.1) is 15.5 Å². The molecule has 0 atom stereocenters. The van der Waals surface area contributed by atoms with Crippen molar-refractivity contribution in [1.82, 2.24) is 0 Å². The molecule has 1 heterocycles. The summed E-state index contributed by atoms with van der Waals surface area (Å²) in [6.45, 7) is 5.92. The monoisotopic (exact) mass is 278 g/mol. The summed E-state index contributed by atoms with van der Waals surface area (Å²) in [5, 5.41) is 20.0. The highest BCUT2D eigenvalue weighted by atomic mass is 16.6. The number of hydrogen-bond donors (Lipinski definition) is 1. The van der Waals surface area contributed by atoms with Crippen LogP contribution in [-0.2, 0) is 0 Å². The number of nitro groups is 1. The first-order valence-electron chi connectivity index (χ1n) is 6.57. The van der Waals surface area contributed by atoms with Gasteiger partial charge in [-0.2, -0.15) is 0 Å². The van der Waals surface area contributed by atoms with E-state index in [4.69, 9.17) is 0 Å². The molecule has 0 radical (unpaired) electrons. The van der Waals surface area contributed by atoms with Crippen LogP contribution in [0.4, 0.5) is 11.4 Å². The summed E-state index contributed by atoms with van der Waals surface area (Å²) in [6.07, 6.45) is 1.95. The second kappa shape index (κ2) is 5.11. The maximum atomic E-state index is 11.3. The molecule has 1 saturated heterocycles. The summed E-state index contributed by atoms with van der Waals surface area (Å²) in [5.74, 6) is -1.13. The molecule has 0 unspecified atom stereocenters. The van der Waals surface area contributed by atoms with Gasteiger partial charge in [-0.3, -0.25) is 10.1 Å². The number of aromatic carboxylic acids is 1. The van der Waals surface area contributed by atoms with E-state index < -0.39 is 10.9 Å². The fraction of sp³-hybridized carbons (Fsp3) is 0.500. The molecule has 1 N–H and O–H groups in total. The Morgan fingerprint density at radius 2 is 1.95 bits per heavy atom. The molecular weight excluding hydrogens is 260 g/mol. The smallest absolute Gasteiger partial charge is 0.338 e. The standard InChI is InChI=1S/C14H18N2O4/c1-14(2)5-7-15(8-6-14)12-4-3-10(16(19)20)9-11(12)13(17)18/h3-4,9H,5-8H2,1-2H3,(H,17,18). The largest absolute Gasteiger partial charge is 0.478 e. The van der Waals surface area contributed by atoms with Gasteiger partial charge in [0.2, 0.25) is 0 Å². The molecule has 1 aromatic carbocycles. The molecule has 0 aliphatic carbocycles. The zero-order chi connectivity index (χ0) is 14.9. The van der Waals surface area contributed by atoms with Crippen molar-refractivity contribution in [1.29, 1.82) is 0 Å². The van der Waals surface area contributed by atoms with Gasteiger partial charge in [0, 0.05) is 25.2 Å². The van der Waals surface area contributed by atoms with Gasteiger partial charge < -0.3 is 10.0 Å². The highest BCUT2D eigenvalue weighted by molar-refractivity contribution is 5.95.